The van der Waals surface area contributed by atoms with Gasteiger partial charge in [-0.25, -0.2) is 4.98 Å². The van der Waals surface area contributed by atoms with Crippen LogP contribution < -0.4 is 4.74 Å². The highest BCUT2D eigenvalue weighted by Gasteiger charge is 2.38. The van der Waals surface area contributed by atoms with Gasteiger partial charge in [0, 0.05) is 23.7 Å². The molecule has 6 heteroatoms. The van der Waals surface area contributed by atoms with Gasteiger partial charge in [-0.05, 0) is 79.4 Å². The quantitative estimate of drug-likeness (QED) is 0.192. The third kappa shape index (κ3) is 6.69. The van der Waals surface area contributed by atoms with Crippen molar-refractivity contribution in [1.29, 1.82) is 0 Å². The van der Waals surface area contributed by atoms with Gasteiger partial charge in [0.05, 0.1) is 12.1 Å². The summed E-state index contributed by atoms with van der Waals surface area (Å²) in [5.74, 6) is 8.58. The Bertz CT molecular complexity index is 1730. The molecule has 4 aromatic carbocycles. The van der Waals surface area contributed by atoms with Crippen molar-refractivity contribution in [2.45, 2.75) is 44.8 Å². The van der Waals surface area contributed by atoms with Gasteiger partial charge in [-0.3, -0.25) is 9.69 Å². The maximum absolute atomic E-state index is 12.1. The molecule has 43 heavy (non-hydrogen) atoms. The van der Waals surface area contributed by atoms with Crippen LogP contribution in [-0.4, -0.2) is 27.0 Å². The third-order valence-corrected chi connectivity index (χ3v) is 7.76. The average Bonchev–Trinajstić information content (AvgIpc) is 3.63. The first-order valence-electron chi connectivity index (χ1n) is 14.4. The zero-order valence-corrected chi connectivity index (χ0v) is 23.9. The van der Waals surface area contributed by atoms with Crippen molar-refractivity contribution in [3.05, 3.63) is 137 Å². The third-order valence-electron chi connectivity index (χ3n) is 7.76. The van der Waals surface area contributed by atoms with E-state index in [1.54, 1.807) is 0 Å². The van der Waals surface area contributed by atoms with Crippen molar-refractivity contribution in [1.82, 2.24) is 9.88 Å². The van der Waals surface area contributed by atoms with Crippen molar-refractivity contribution < 1.29 is 19.1 Å². The number of carboxylic acid groups (broad SMARTS) is 1. The SMILES string of the molecule is Cc1oc(-c2ccccc2)nc1CC#Cc1ccc(C2CC[C@H](C(=O)O)N2Cc2ccc(Oc3ccccc3)cc2)cc1. The van der Waals surface area contributed by atoms with Gasteiger partial charge in [-0.1, -0.05) is 72.5 Å². The van der Waals surface area contributed by atoms with Crippen molar-refractivity contribution >= 4 is 5.97 Å². The van der Waals surface area contributed by atoms with Gasteiger partial charge < -0.3 is 14.3 Å². The van der Waals surface area contributed by atoms with E-state index in [1.807, 2.05) is 104 Å². The summed E-state index contributed by atoms with van der Waals surface area (Å²) >= 11 is 0. The number of benzene rings is 4. The minimum Gasteiger partial charge on any atom is -0.480 e. The number of carbonyl (C=O) groups is 1. The van der Waals surface area contributed by atoms with Crippen LogP contribution in [0, 0.1) is 18.8 Å². The number of ether oxygens (including phenoxy) is 1. The molecule has 2 atom stereocenters. The van der Waals surface area contributed by atoms with E-state index in [0.29, 0.717) is 25.3 Å². The summed E-state index contributed by atoms with van der Waals surface area (Å²) in [6.07, 6.45) is 1.89. The van der Waals surface area contributed by atoms with E-state index >= 15 is 0 Å². The number of hydrogen-bond acceptors (Lipinski definition) is 5. The Morgan fingerprint density at radius 2 is 1.58 bits per heavy atom. The minimum absolute atomic E-state index is 0.0116. The molecule has 1 aliphatic rings. The Balaban J connectivity index is 1.12. The lowest BCUT2D eigenvalue weighted by Crippen LogP contribution is -2.36. The number of likely N-dealkylation sites (tertiary alicyclic amines) is 1. The Kier molecular flexibility index (Phi) is 8.35. The fraction of sp³-hybridized carbons (Fsp3) is 0.189. The average molecular weight is 569 g/mol. The molecule has 1 aliphatic heterocycles. The molecule has 1 saturated heterocycles. The van der Waals surface area contributed by atoms with E-state index in [4.69, 9.17) is 9.15 Å². The fourth-order valence-corrected chi connectivity index (χ4v) is 5.52. The van der Waals surface area contributed by atoms with Gasteiger partial charge in [-0.15, -0.1) is 0 Å². The predicted octanol–water partition coefficient (Wildman–Crippen LogP) is 7.83. The molecular formula is C37H32N2O4. The van der Waals surface area contributed by atoms with E-state index in [1.165, 1.54) is 0 Å². The monoisotopic (exact) mass is 568 g/mol. The molecule has 1 fully saturated rings. The van der Waals surface area contributed by atoms with Crippen molar-refractivity contribution in [3.8, 4) is 34.8 Å². The Labute approximate surface area is 251 Å². The zero-order chi connectivity index (χ0) is 29.6. The molecule has 0 spiro atoms. The maximum Gasteiger partial charge on any atom is 0.320 e. The summed E-state index contributed by atoms with van der Waals surface area (Å²) in [6, 6.07) is 35.0. The second-order valence-electron chi connectivity index (χ2n) is 10.7. The molecule has 6 nitrogen and oxygen atoms in total. The highest BCUT2D eigenvalue weighted by atomic mass is 16.5. The lowest BCUT2D eigenvalue weighted by molar-refractivity contribution is -0.142. The first-order chi connectivity index (χ1) is 21.0. The van der Waals surface area contributed by atoms with Crippen LogP contribution in [0.4, 0.5) is 0 Å². The first-order valence-corrected chi connectivity index (χ1v) is 14.4. The number of hydrogen-bond donors (Lipinski definition) is 1. The van der Waals surface area contributed by atoms with Gasteiger partial charge in [0.25, 0.3) is 0 Å². The van der Waals surface area contributed by atoms with Gasteiger partial charge in [-0.2, -0.15) is 0 Å². The number of aliphatic carboxylic acids is 1. The molecule has 214 valence electrons. The number of rotatable bonds is 8. The molecule has 5 aromatic rings. The number of aromatic nitrogens is 1. The van der Waals surface area contributed by atoms with Crippen molar-refractivity contribution in [2.24, 2.45) is 0 Å². The molecule has 0 radical (unpaired) electrons. The van der Waals surface area contributed by atoms with E-state index in [-0.39, 0.29) is 6.04 Å². The van der Waals surface area contributed by atoms with Gasteiger partial charge in [0.15, 0.2) is 0 Å². The molecule has 0 bridgehead atoms. The highest BCUT2D eigenvalue weighted by molar-refractivity contribution is 5.74. The lowest BCUT2D eigenvalue weighted by Gasteiger charge is -2.28. The van der Waals surface area contributed by atoms with Gasteiger partial charge in [0.1, 0.15) is 23.3 Å². The van der Waals surface area contributed by atoms with Crippen LogP contribution in [0.5, 0.6) is 11.5 Å². The number of oxazole rings is 1. The summed E-state index contributed by atoms with van der Waals surface area (Å²) in [4.78, 5) is 18.9. The Hall–Kier alpha value is -5.12. The molecule has 0 saturated carbocycles. The topological polar surface area (TPSA) is 75.8 Å². The maximum atomic E-state index is 12.1. The fourth-order valence-electron chi connectivity index (χ4n) is 5.52. The lowest BCUT2D eigenvalue weighted by atomic mass is 10.0. The van der Waals surface area contributed by atoms with E-state index < -0.39 is 12.0 Å². The van der Waals surface area contributed by atoms with Crippen LogP contribution in [-0.2, 0) is 17.8 Å². The van der Waals surface area contributed by atoms with E-state index in [2.05, 4.69) is 33.9 Å². The Morgan fingerprint density at radius 3 is 2.28 bits per heavy atom. The standard InChI is InChI=1S/C37H32N2O4/c1-26-33(38-36(42-26)30-10-4-2-5-11-30)14-8-9-27-15-19-29(20-16-27)34-23-24-35(37(40)41)39(34)25-28-17-21-32(22-18-28)43-31-12-6-3-7-13-31/h2-7,10-13,15-22,34-35H,14,23-25H2,1H3,(H,40,41)/t34?,35-/m1/s1. The smallest absolute Gasteiger partial charge is 0.320 e. The summed E-state index contributed by atoms with van der Waals surface area (Å²) in [5.41, 5.74) is 4.82. The van der Waals surface area contributed by atoms with Crippen LogP contribution in [0.2, 0.25) is 0 Å². The highest BCUT2D eigenvalue weighted by Crippen LogP contribution is 2.38. The number of para-hydroxylation sites is 1. The summed E-state index contributed by atoms with van der Waals surface area (Å²) < 4.78 is 11.8. The minimum atomic E-state index is -0.785. The molecule has 0 amide bonds. The Morgan fingerprint density at radius 1 is 0.907 bits per heavy atom. The molecular weight excluding hydrogens is 536 g/mol. The van der Waals surface area contributed by atoms with Crippen LogP contribution in [0.25, 0.3) is 11.5 Å². The first kappa shape index (κ1) is 28.0. The van der Waals surface area contributed by atoms with Crippen molar-refractivity contribution in [2.75, 3.05) is 0 Å². The van der Waals surface area contributed by atoms with Crippen LogP contribution in [0.1, 0.15) is 47.0 Å². The molecule has 0 aliphatic carbocycles. The number of carboxylic acids is 1. The van der Waals surface area contributed by atoms with E-state index in [0.717, 1.165) is 51.6 Å². The largest absolute Gasteiger partial charge is 0.480 e. The molecule has 1 N–H and O–H groups in total. The summed E-state index contributed by atoms with van der Waals surface area (Å²) in [6.45, 7) is 2.45. The molecule has 1 unspecified atom stereocenters. The second-order valence-corrected chi connectivity index (χ2v) is 10.7. The van der Waals surface area contributed by atoms with Crippen LogP contribution in [0.3, 0.4) is 0 Å². The summed E-state index contributed by atoms with van der Waals surface area (Å²) in [7, 11) is 0. The van der Waals surface area contributed by atoms with Gasteiger partial charge >= 0.3 is 5.97 Å². The number of aryl methyl sites for hydroxylation is 1. The van der Waals surface area contributed by atoms with Crippen molar-refractivity contribution in [3.63, 3.8) is 0 Å². The molecule has 1 aromatic heterocycles. The van der Waals surface area contributed by atoms with E-state index in [9.17, 15) is 9.90 Å². The summed E-state index contributed by atoms with van der Waals surface area (Å²) in [5, 5.41) is 9.96. The van der Waals surface area contributed by atoms with Gasteiger partial charge in [0.2, 0.25) is 5.89 Å². The number of nitrogens with zero attached hydrogens (tertiary/aromatic N) is 2. The zero-order valence-electron chi connectivity index (χ0n) is 23.9. The van der Waals surface area contributed by atoms with Crippen LogP contribution >= 0.6 is 0 Å². The second kappa shape index (κ2) is 12.8. The predicted molar refractivity (Wildman–Crippen MR) is 166 cm³/mol. The van der Waals surface area contributed by atoms with Crippen LogP contribution in [0.15, 0.2) is 114 Å². The molecule has 6 rings (SSSR count). The normalized spacial score (nSPS) is 16.4. The molecule has 2 heterocycles.